The third-order valence-corrected chi connectivity index (χ3v) is 11.1. The number of rotatable bonds is 38. The predicted octanol–water partition coefficient (Wildman–Crippen LogP) is 9.34. The molecule has 1 aliphatic heterocycles. The third-order valence-electron chi connectivity index (χ3n) is 11.1. The molecule has 0 aromatic heterocycles. The van der Waals surface area contributed by atoms with Gasteiger partial charge < -0.3 is 40.3 Å². The second-order valence-corrected chi connectivity index (χ2v) is 16.2. The molecule has 0 aromatic carbocycles. The summed E-state index contributed by atoms with van der Waals surface area (Å²) in [6.45, 7) is 3.73. The van der Waals surface area contributed by atoms with Crippen molar-refractivity contribution in [3.8, 4) is 0 Å². The first-order chi connectivity index (χ1) is 26.3. The molecule has 7 unspecified atom stereocenters. The number of allylic oxidation sites excluding steroid dienone is 1. The first kappa shape index (κ1) is 50.9. The Balaban J connectivity index is 2.22. The molecule has 9 heteroatoms. The third kappa shape index (κ3) is 26.7. The van der Waals surface area contributed by atoms with Crippen LogP contribution in [0, 0.1) is 0 Å². The van der Waals surface area contributed by atoms with Gasteiger partial charge in [-0.3, -0.25) is 4.79 Å². The molecule has 6 N–H and O–H groups in total. The van der Waals surface area contributed by atoms with Crippen molar-refractivity contribution in [2.24, 2.45) is 0 Å². The molecule has 9 nitrogen and oxygen atoms in total. The van der Waals surface area contributed by atoms with Gasteiger partial charge in [0, 0.05) is 6.42 Å². The van der Waals surface area contributed by atoms with Crippen LogP contribution in [0.2, 0.25) is 0 Å². The molecule has 1 aliphatic rings. The smallest absolute Gasteiger partial charge is 0.220 e. The molecule has 320 valence electrons. The zero-order valence-electron chi connectivity index (χ0n) is 35.0. The summed E-state index contributed by atoms with van der Waals surface area (Å²) < 4.78 is 11.2. The topological polar surface area (TPSA) is 149 Å². The largest absolute Gasteiger partial charge is 0.394 e. The van der Waals surface area contributed by atoms with Gasteiger partial charge >= 0.3 is 0 Å². The molecule has 0 saturated carbocycles. The van der Waals surface area contributed by atoms with Gasteiger partial charge in [-0.15, -0.1) is 0 Å². The summed E-state index contributed by atoms with van der Waals surface area (Å²) in [7, 11) is 0. The van der Waals surface area contributed by atoms with Crippen LogP contribution in [-0.4, -0.2) is 87.5 Å². The molecular formula is C45H87NO8. The number of aliphatic hydroxyl groups is 5. The minimum absolute atomic E-state index is 0.182. The molecule has 0 spiro atoms. The maximum Gasteiger partial charge on any atom is 0.220 e. The number of nitrogens with one attached hydrogen (secondary N) is 1. The lowest BCUT2D eigenvalue weighted by atomic mass is 9.99. The fourth-order valence-corrected chi connectivity index (χ4v) is 7.39. The Hall–Kier alpha value is -1.07. The van der Waals surface area contributed by atoms with Crippen molar-refractivity contribution in [3.05, 3.63) is 12.2 Å². The molecule has 7 atom stereocenters. The van der Waals surface area contributed by atoms with E-state index in [-0.39, 0.29) is 12.5 Å². The van der Waals surface area contributed by atoms with E-state index in [1.54, 1.807) is 6.08 Å². The Morgan fingerprint density at radius 1 is 0.611 bits per heavy atom. The van der Waals surface area contributed by atoms with Crippen molar-refractivity contribution in [1.29, 1.82) is 0 Å². The SMILES string of the molecule is CCCCCCCCCCCCCCCCCCCCCCCC/C=C/C(O)C(COC1OC(CO)C(O)C(O)C1O)NC(=O)CCCCCCCCC. The van der Waals surface area contributed by atoms with Crippen molar-refractivity contribution in [2.45, 2.75) is 256 Å². The Kier molecular flexibility index (Phi) is 34.2. The summed E-state index contributed by atoms with van der Waals surface area (Å²) in [4.78, 5) is 12.8. The van der Waals surface area contributed by atoms with Crippen molar-refractivity contribution in [1.82, 2.24) is 5.32 Å². The van der Waals surface area contributed by atoms with Gasteiger partial charge in [0.05, 0.1) is 25.4 Å². The lowest BCUT2D eigenvalue weighted by Gasteiger charge is -2.40. The van der Waals surface area contributed by atoms with E-state index in [1.165, 1.54) is 154 Å². The molecule has 0 bridgehead atoms. The standard InChI is InChI=1S/C45H87NO8/c1-3-5-7-9-11-12-13-14-15-16-17-18-19-20-21-22-23-24-25-26-27-29-30-32-34-39(48)38(46-41(49)35-33-31-28-10-8-6-4-2)37-53-45-44(52)43(51)42(50)40(36-47)54-45/h32,34,38-40,42-45,47-48,50-52H,3-31,33,35-37H2,1-2H3,(H,46,49)/b34-32+. The molecule has 1 amide bonds. The molecule has 1 heterocycles. The number of carbonyl (C=O) groups excluding carboxylic acids is 1. The molecule has 0 aliphatic carbocycles. The highest BCUT2D eigenvalue weighted by atomic mass is 16.7. The van der Waals surface area contributed by atoms with Crippen LogP contribution in [0.25, 0.3) is 0 Å². The van der Waals surface area contributed by atoms with E-state index in [2.05, 4.69) is 19.2 Å². The van der Waals surface area contributed by atoms with Crippen LogP contribution in [0.5, 0.6) is 0 Å². The van der Waals surface area contributed by atoms with Crippen molar-refractivity contribution in [3.63, 3.8) is 0 Å². The quantitative estimate of drug-likeness (QED) is 0.0269. The van der Waals surface area contributed by atoms with Gasteiger partial charge in [0.15, 0.2) is 6.29 Å². The molecule has 1 saturated heterocycles. The summed E-state index contributed by atoms with van der Waals surface area (Å²) >= 11 is 0. The van der Waals surface area contributed by atoms with Gasteiger partial charge in [-0.1, -0.05) is 199 Å². The molecule has 0 radical (unpaired) electrons. The lowest BCUT2D eigenvalue weighted by Crippen LogP contribution is -2.60. The van der Waals surface area contributed by atoms with E-state index in [9.17, 15) is 30.3 Å². The van der Waals surface area contributed by atoms with Crippen molar-refractivity contribution >= 4 is 5.91 Å². The Morgan fingerprint density at radius 2 is 1.02 bits per heavy atom. The maximum absolute atomic E-state index is 12.8. The second-order valence-electron chi connectivity index (χ2n) is 16.2. The highest BCUT2D eigenvalue weighted by molar-refractivity contribution is 5.76. The predicted molar refractivity (Wildman–Crippen MR) is 221 cm³/mol. The average molecular weight is 770 g/mol. The first-order valence-electron chi connectivity index (χ1n) is 22.9. The van der Waals surface area contributed by atoms with Gasteiger partial charge in [0.2, 0.25) is 5.91 Å². The van der Waals surface area contributed by atoms with E-state index >= 15 is 0 Å². The van der Waals surface area contributed by atoms with Gasteiger partial charge in [-0.2, -0.15) is 0 Å². The number of carbonyl (C=O) groups is 1. The minimum Gasteiger partial charge on any atom is -0.394 e. The van der Waals surface area contributed by atoms with Gasteiger partial charge in [0.1, 0.15) is 24.4 Å². The van der Waals surface area contributed by atoms with Crippen LogP contribution in [0.1, 0.15) is 213 Å². The summed E-state index contributed by atoms with van der Waals surface area (Å²) in [5, 5.41) is 53.9. The highest BCUT2D eigenvalue weighted by Crippen LogP contribution is 2.23. The van der Waals surface area contributed by atoms with E-state index in [4.69, 9.17) is 9.47 Å². The summed E-state index contributed by atoms with van der Waals surface area (Å²) in [6, 6.07) is -0.796. The van der Waals surface area contributed by atoms with Gasteiger partial charge in [-0.05, 0) is 19.3 Å². The van der Waals surface area contributed by atoms with E-state index < -0.39 is 49.5 Å². The molecule has 54 heavy (non-hydrogen) atoms. The normalized spacial score (nSPS) is 21.5. The van der Waals surface area contributed by atoms with Crippen LogP contribution < -0.4 is 5.32 Å². The van der Waals surface area contributed by atoms with E-state index in [0.717, 1.165) is 38.5 Å². The average Bonchev–Trinajstić information content (AvgIpc) is 3.17. The highest BCUT2D eigenvalue weighted by Gasteiger charge is 2.44. The second kappa shape index (κ2) is 36.3. The fraction of sp³-hybridized carbons (Fsp3) is 0.933. The summed E-state index contributed by atoms with van der Waals surface area (Å²) in [5.41, 5.74) is 0. The number of hydrogen-bond donors (Lipinski definition) is 6. The number of ether oxygens (including phenoxy) is 2. The first-order valence-corrected chi connectivity index (χ1v) is 22.9. The molecule has 1 rings (SSSR count). The number of hydrogen-bond acceptors (Lipinski definition) is 8. The van der Waals surface area contributed by atoms with Crippen LogP contribution >= 0.6 is 0 Å². The fourth-order valence-electron chi connectivity index (χ4n) is 7.39. The number of amides is 1. The lowest BCUT2D eigenvalue weighted by molar-refractivity contribution is -0.302. The Labute approximate surface area is 331 Å². The van der Waals surface area contributed by atoms with Crippen LogP contribution in [0.4, 0.5) is 0 Å². The number of aliphatic hydroxyl groups excluding tert-OH is 5. The Morgan fingerprint density at radius 3 is 1.44 bits per heavy atom. The van der Waals surface area contributed by atoms with Crippen LogP contribution in [-0.2, 0) is 14.3 Å². The maximum atomic E-state index is 12.8. The zero-order valence-corrected chi connectivity index (χ0v) is 35.0. The molecule has 1 fully saturated rings. The molecule has 0 aromatic rings. The van der Waals surface area contributed by atoms with Crippen LogP contribution in [0.15, 0.2) is 12.2 Å². The Bertz CT molecular complexity index is 858. The van der Waals surface area contributed by atoms with Crippen molar-refractivity contribution < 1.29 is 39.8 Å². The van der Waals surface area contributed by atoms with Crippen molar-refractivity contribution in [2.75, 3.05) is 13.2 Å². The van der Waals surface area contributed by atoms with E-state index in [0.29, 0.717) is 6.42 Å². The van der Waals surface area contributed by atoms with Gasteiger partial charge in [0.25, 0.3) is 0 Å². The monoisotopic (exact) mass is 770 g/mol. The van der Waals surface area contributed by atoms with Gasteiger partial charge in [-0.25, -0.2) is 0 Å². The summed E-state index contributed by atoms with van der Waals surface area (Å²) in [5.74, 6) is -0.182. The summed E-state index contributed by atoms with van der Waals surface area (Å²) in [6.07, 6.45) is 34.3. The minimum atomic E-state index is -1.56. The van der Waals surface area contributed by atoms with Crippen LogP contribution in [0.3, 0.4) is 0 Å². The molecular weight excluding hydrogens is 682 g/mol. The zero-order chi connectivity index (χ0) is 39.5. The van der Waals surface area contributed by atoms with E-state index in [1.807, 2.05) is 6.08 Å². The number of unbranched alkanes of at least 4 members (excludes halogenated alkanes) is 28.